The molecule has 0 aliphatic carbocycles. The fraction of sp³-hybridized carbons (Fsp3) is 0.526. The van der Waals surface area contributed by atoms with Gasteiger partial charge in [0.2, 0.25) is 5.91 Å². The normalized spacial score (nSPS) is 24.8. The summed E-state index contributed by atoms with van der Waals surface area (Å²) in [6.45, 7) is 2.26. The van der Waals surface area contributed by atoms with E-state index in [4.69, 9.17) is 16.3 Å². The zero-order chi connectivity index (χ0) is 19.0. The highest BCUT2D eigenvalue weighted by Gasteiger charge is 2.52. The highest BCUT2D eigenvalue weighted by Crippen LogP contribution is 2.30. The third-order valence-electron chi connectivity index (χ3n) is 5.61. The van der Waals surface area contributed by atoms with Crippen LogP contribution in [0.5, 0.6) is 0 Å². The van der Waals surface area contributed by atoms with Gasteiger partial charge in [0.05, 0.1) is 0 Å². The molecular weight excluding hydrogens is 370 g/mol. The third-order valence-corrected chi connectivity index (χ3v) is 5.87. The van der Waals surface area contributed by atoms with Gasteiger partial charge in [0.15, 0.2) is 0 Å². The van der Waals surface area contributed by atoms with Crippen LogP contribution in [0.3, 0.4) is 0 Å². The van der Waals surface area contributed by atoms with Gasteiger partial charge in [-0.15, -0.1) is 0 Å². The maximum atomic E-state index is 12.8. The van der Waals surface area contributed by atoms with Gasteiger partial charge in [-0.2, -0.15) is 0 Å². The van der Waals surface area contributed by atoms with Crippen LogP contribution in [-0.2, 0) is 20.9 Å². The number of ether oxygens (including phenoxy) is 1. The Balaban J connectivity index is 1.38. The molecule has 4 rings (SSSR count). The van der Waals surface area contributed by atoms with Gasteiger partial charge in [0.1, 0.15) is 5.54 Å². The Bertz CT molecular complexity index is 761. The zero-order valence-corrected chi connectivity index (χ0v) is 15.7. The van der Waals surface area contributed by atoms with Crippen molar-refractivity contribution in [1.29, 1.82) is 0 Å². The van der Waals surface area contributed by atoms with Crippen LogP contribution in [-0.4, -0.2) is 59.5 Å². The summed E-state index contributed by atoms with van der Waals surface area (Å²) >= 11 is 5.90. The van der Waals surface area contributed by atoms with Crippen LogP contribution in [0.15, 0.2) is 24.3 Å². The number of urea groups is 1. The molecule has 1 N–H and O–H groups in total. The summed E-state index contributed by atoms with van der Waals surface area (Å²) in [6.07, 6.45) is 1.35. The van der Waals surface area contributed by atoms with Crippen molar-refractivity contribution < 1.29 is 19.1 Å². The van der Waals surface area contributed by atoms with Gasteiger partial charge in [-0.25, -0.2) is 4.79 Å². The molecule has 1 spiro atoms. The smallest absolute Gasteiger partial charge is 0.325 e. The van der Waals surface area contributed by atoms with Crippen LogP contribution in [0.1, 0.15) is 24.8 Å². The van der Waals surface area contributed by atoms with Crippen molar-refractivity contribution in [3.05, 3.63) is 34.9 Å². The second-order valence-electron chi connectivity index (χ2n) is 7.51. The molecule has 3 aliphatic heterocycles. The van der Waals surface area contributed by atoms with Crippen molar-refractivity contribution in [2.75, 3.05) is 26.3 Å². The molecule has 1 aromatic rings. The highest BCUT2D eigenvalue weighted by molar-refractivity contribution is 6.30. The van der Waals surface area contributed by atoms with Gasteiger partial charge >= 0.3 is 6.03 Å². The molecule has 7 nitrogen and oxygen atoms in total. The number of rotatable bonds is 4. The Kier molecular flexibility index (Phi) is 4.82. The lowest BCUT2D eigenvalue weighted by Crippen LogP contribution is -2.51. The number of carbonyl (C=O) groups is 3. The van der Waals surface area contributed by atoms with Crippen LogP contribution in [0.2, 0.25) is 5.02 Å². The molecule has 0 saturated carbocycles. The van der Waals surface area contributed by atoms with E-state index < -0.39 is 5.54 Å². The van der Waals surface area contributed by atoms with Crippen molar-refractivity contribution in [3.8, 4) is 0 Å². The fourth-order valence-corrected chi connectivity index (χ4v) is 4.22. The molecule has 27 heavy (non-hydrogen) atoms. The third kappa shape index (κ3) is 3.53. The molecule has 1 aromatic carbocycles. The summed E-state index contributed by atoms with van der Waals surface area (Å²) in [7, 11) is 0. The van der Waals surface area contributed by atoms with Gasteiger partial charge in [0, 0.05) is 63.1 Å². The van der Waals surface area contributed by atoms with Crippen molar-refractivity contribution in [2.24, 2.45) is 5.92 Å². The molecular formula is C19H22ClN3O4. The molecule has 3 saturated heterocycles. The molecule has 3 aliphatic rings. The lowest BCUT2D eigenvalue weighted by molar-refractivity contribution is -0.135. The minimum absolute atomic E-state index is 0.0442. The Hall–Kier alpha value is -2.12. The molecule has 0 aromatic heterocycles. The molecule has 3 fully saturated rings. The van der Waals surface area contributed by atoms with Gasteiger partial charge in [0.25, 0.3) is 5.91 Å². The van der Waals surface area contributed by atoms with E-state index in [0.717, 1.165) is 5.56 Å². The first-order valence-electron chi connectivity index (χ1n) is 9.21. The number of nitrogens with one attached hydrogen (secondary N) is 1. The molecule has 8 heteroatoms. The number of imide groups is 1. The van der Waals surface area contributed by atoms with Crippen molar-refractivity contribution >= 4 is 29.4 Å². The summed E-state index contributed by atoms with van der Waals surface area (Å²) < 4.78 is 5.32. The summed E-state index contributed by atoms with van der Waals surface area (Å²) in [4.78, 5) is 40.6. The number of benzene rings is 1. The molecule has 0 bridgehead atoms. The van der Waals surface area contributed by atoms with Gasteiger partial charge in [-0.1, -0.05) is 23.7 Å². The van der Waals surface area contributed by atoms with Crippen LogP contribution >= 0.6 is 11.6 Å². The number of hydrogen-bond donors (Lipinski definition) is 1. The minimum Gasteiger partial charge on any atom is -0.381 e. The Labute approximate surface area is 162 Å². The second kappa shape index (κ2) is 7.13. The molecule has 3 heterocycles. The maximum absolute atomic E-state index is 12.8. The number of likely N-dealkylation sites (tertiary alicyclic amines) is 1. The summed E-state index contributed by atoms with van der Waals surface area (Å²) in [5.74, 6) is -0.184. The van der Waals surface area contributed by atoms with E-state index in [1.54, 1.807) is 17.0 Å². The first kappa shape index (κ1) is 18.3. The Morgan fingerprint density at radius 1 is 1.15 bits per heavy atom. The topological polar surface area (TPSA) is 79.0 Å². The predicted molar refractivity (Wildman–Crippen MR) is 98.0 cm³/mol. The second-order valence-corrected chi connectivity index (χ2v) is 7.95. The van der Waals surface area contributed by atoms with E-state index in [-0.39, 0.29) is 30.3 Å². The first-order valence-corrected chi connectivity index (χ1v) is 9.59. The first-order chi connectivity index (χ1) is 13.0. The largest absolute Gasteiger partial charge is 0.381 e. The van der Waals surface area contributed by atoms with Crippen molar-refractivity contribution in [2.45, 2.75) is 31.3 Å². The number of hydrogen-bond acceptors (Lipinski definition) is 4. The molecule has 4 amide bonds. The van der Waals surface area contributed by atoms with E-state index in [0.29, 0.717) is 50.6 Å². The average Bonchev–Trinajstić information content (AvgIpc) is 3.10. The highest BCUT2D eigenvalue weighted by atomic mass is 35.5. The number of nitrogens with zero attached hydrogens (tertiary/aromatic N) is 2. The zero-order valence-electron chi connectivity index (χ0n) is 14.9. The molecule has 1 atom stereocenters. The number of halogens is 1. The Morgan fingerprint density at radius 2 is 1.85 bits per heavy atom. The van der Waals surface area contributed by atoms with Crippen molar-refractivity contribution in [3.63, 3.8) is 0 Å². The van der Waals surface area contributed by atoms with E-state index >= 15 is 0 Å². The Morgan fingerprint density at radius 3 is 2.56 bits per heavy atom. The van der Waals surface area contributed by atoms with Gasteiger partial charge in [-0.3, -0.25) is 14.5 Å². The summed E-state index contributed by atoms with van der Waals surface area (Å²) in [5, 5.41) is 3.51. The summed E-state index contributed by atoms with van der Waals surface area (Å²) in [6, 6.07) is 7.04. The number of carbonyl (C=O) groups excluding carboxylic acids is 3. The van der Waals surface area contributed by atoms with E-state index in [2.05, 4.69) is 5.32 Å². The summed E-state index contributed by atoms with van der Waals surface area (Å²) in [5.41, 5.74) is 0.186. The monoisotopic (exact) mass is 391 g/mol. The quantitative estimate of drug-likeness (QED) is 0.794. The predicted octanol–water partition coefficient (Wildman–Crippen LogP) is 1.79. The van der Waals surface area contributed by atoms with E-state index in [9.17, 15) is 14.4 Å². The van der Waals surface area contributed by atoms with Crippen LogP contribution in [0, 0.1) is 5.92 Å². The number of amides is 4. The van der Waals surface area contributed by atoms with Gasteiger partial charge in [-0.05, 0) is 17.7 Å². The average molecular weight is 392 g/mol. The van der Waals surface area contributed by atoms with E-state index in [1.807, 2.05) is 12.1 Å². The molecule has 0 radical (unpaired) electrons. The molecule has 144 valence electrons. The van der Waals surface area contributed by atoms with Crippen LogP contribution in [0.25, 0.3) is 0 Å². The maximum Gasteiger partial charge on any atom is 0.325 e. The molecule has 1 unspecified atom stereocenters. The minimum atomic E-state index is -0.819. The standard InChI is InChI=1S/C19H22ClN3O4/c20-15-3-1-13(2-4-15)10-22-11-14(9-16(22)24)12-23-17(25)19(21-18(23)26)5-7-27-8-6-19/h1-4,14H,5-12H2,(H,21,26). The van der Waals surface area contributed by atoms with Crippen LogP contribution < -0.4 is 5.32 Å². The lowest BCUT2D eigenvalue weighted by Gasteiger charge is -2.30. The van der Waals surface area contributed by atoms with Gasteiger partial charge < -0.3 is 15.0 Å². The van der Waals surface area contributed by atoms with Crippen molar-refractivity contribution in [1.82, 2.24) is 15.1 Å². The lowest BCUT2D eigenvalue weighted by atomic mass is 9.90. The fourth-order valence-electron chi connectivity index (χ4n) is 4.10. The SMILES string of the molecule is O=C1CC(CN2C(=O)NC3(CCOCC3)C2=O)CN1Cc1ccc(Cl)cc1. The van der Waals surface area contributed by atoms with Crippen LogP contribution in [0.4, 0.5) is 4.79 Å². The van der Waals surface area contributed by atoms with E-state index in [1.165, 1.54) is 4.90 Å².